The van der Waals surface area contributed by atoms with Crippen LogP contribution in [-0.4, -0.2) is 40.6 Å². The number of carboxylic acid groups (broad SMARTS) is 1. The minimum atomic E-state index is -0.741. The monoisotopic (exact) mass is 348 g/mol. The van der Waals surface area contributed by atoms with E-state index in [0.717, 1.165) is 0 Å². The van der Waals surface area contributed by atoms with Crippen molar-refractivity contribution >= 4 is 23.4 Å². The Kier molecular flexibility index (Phi) is 20.2. The van der Waals surface area contributed by atoms with Gasteiger partial charge in [0.1, 0.15) is 5.78 Å². The summed E-state index contributed by atoms with van der Waals surface area (Å²) in [6.07, 6.45) is 0. The van der Waals surface area contributed by atoms with Crippen molar-refractivity contribution in [3.8, 4) is 0 Å². The van der Waals surface area contributed by atoms with E-state index in [1.165, 1.54) is 13.8 Å². The van der Waals surface area contributed by atoms with E-state index in [1.54, 1.807) is 41.5 Å². The zero-order valence-electron chi connectivity index (χ0n) is 15.5. The van der Waals surface area contributed by atoms with Gasteiger partial charge < -0.3 is 16.2 Å². The number of hydrogen-bond acceptors (Lipinski definition) is 5. The third-order valence-electron chi connectivity index (χ3n) is 2.63. The van der Waals surface area contributed by atoms with E-state index in [4.69, 9.17) is 10.8 Å². The first-order valence-corrected chi connectivity index (χ1v) is 7.53. The number of carboxylic acids is 1. The molecule has 0 saturated heterocycles. The van der Waals surface area contributed by atoms with Gasteiger partial charge in [0.25, 0.3) is 0 Å². The number of amides is 1. The maximum atomic E-state index is 11.0. The van der Waals surface area contributed by atoms with Gasteiger partial charge in [0.05, 0.1) is 18.0 Å². The molecule has 0 fully saturated rings. The van der Waals surface area contributed by atoms with E-state index >= 15 is 0 Å². The lowest BCUT2D eigenvalue weighted by Gasteiger charge is -2.11. The van der Waals surface area contributed by atoms with Crippen molar-refractivity contribution in [2.24, 2.45) is 17.6 Å². The molecule has 0 aliphatic carbocycles. The molecule has 0 aliphatic heterocycles. The van der Waals surface area contributed by atoms with Gasteiger partial charge in [-0.2, -0.15) is 0 Å². The summed E-state index contributed by atoms with van der Waals surface area (Å²) in [6, 6.07) is -0.644. The molecule has 144 valence electrons. The lowest BCUT2D eigenvalue weighted by atomic mass is 10.1. The highest BCUT2D eigenvalue weighted by molar-refractivity contribution is 5.87. The third kappa shape index (κ3) is 22.5. The molecule has 1 amide bonds. The quantitative estimate of drug-likeness (QED) is 0.697. The zero-order chi connectivity index (χ0) is 19.3. The zero-order valence-corrected chi connectivity index (χ0v) is 15.5. The summed E-state index contributed by atoms with van der Waals surface area (Å²) >= 11 is 0. The first kappa shape index (κ1) is 30.2. The van der Waals surface area contributed by atoms with E-state index in [2.05, 4.69) is 5.32 Å². The minimum Gasteiger partial charge on any atom is -0.481 e. The number of nitrogens with one attached hydrogen (secondary N) is 1. The molecule has 7 nitrogen and oxygen atoms in total. The van der Waals surface area contributed by atoms with Crippen LogP contribution in [0.2, 0.25) is 0 Å². The highest BCUT2D eigenvalue weighted by atomic mass is 16.4. The van der Waals surface area contributed by atoms with Gasteiger partial charge in [0.2, 0.25) is 5.91 Å². The molecular formula is C17H36N2O5. The second-order valence-electron chi connectivity index (χ2n) is 5.89. The Hall–Kier alpha value is -1.76. The number of carbonyl (C=O) groups excluding carboxylic acids is 3. The van der Waals surface area contributed by atoms with Crippen molar-refractivity contribution in [3.05, 3.63) is 0 Å². The number of hydrogen-bond donors (Lipinski definition) is 3. The van der Waals surface area contributed by atoms with Gasteiger partial charge in [-0.3, -0.25) is 19.2 Å². The van der Waals surface area contributed by atoms with E-state index in [-0.39, 0.29) is 48.8 Å². The molecule has 0 saturated carbocycles. The SMILES string of the molecule is C.CC(=O)C(C)N.CC(=O)C(C)NC(=O)C(C)C.CC(C)C(=O)O. The van der Waals surface area contributed by atoms with Crippen LogP contribution in [0.3, 0.4) is 0 Å². The number of nitrogens with two attached hydrogens (primary N) is 1. The van der Waals surface area contributed by atoms with Gasteiger partial charge in [-0.15, -0.1) is 0 Å². The number of Topliss-reactive ketones (excluding diaryl/α,β-unsaturated/α-hetero) is 2. The molecule has 2 unspecified atom stereocenters. The van der Waals surface area contributed by atoms with Crippen LogP contribution in [-0.2, 0) is 19.2 Å². The fourth-order valence-corrected chi connectivity index (χ4v) is 0.482. The average molecular weight is 348 g/mol. The predicted molar refractivity (Wildman–Crippen MR) is 96.7 cm³/mol. The maximum absolute atomic E-state index is 11.0. The van der Waals surface area contributed by atoms with Crippen LogP contribution in [0.4, 0.5) is 0 Å². The van der Waals surface area contributed by atoms with Crippen LogP contribution in [0.1, 0.15) is 62.8 Å². The number of carbonyl (C=O) groups is 4. The van der Waals surface area contributed by atoms with Crippen molar-refractivity contribution in [1.29, 1.82) is 0 Å². The fourth-order valence-electron chi connectivity index (χ4n) is 0.482. The smallest absolute Gasteiger partial charge is 0.305 e. The summed E-state index contributed by atoms with van der Waals surface area (Å²) in [5, 5.41) is 10.6. The Morgan fingerprint density at radius 1 is 0.833 bits per heavy atom. The fraction of sp³-hybridized carbons (Fsp3) is 0.765. The number of ketones is 2. The summed E-state index contributed by atoms with van der Waals surface area (Å²) in [5.41, 5.74) is 5.09. The summed E-state index contributed by atoms with van der Waals surface area (Å²) < 4.78 is 0. The molecule has 0 aromatic rings. The van der Waals surface area contributed by atoms with Crippen LogP contribution in [0.15, 0.2) is 0 Å². The van der Waals surface area contributed by atoms with Crippen LogP contribution in [0.25, 0.3) is 0 Å². The van der Waals surface area contributed by atoms with Crippen LogP contribution in [0, 0.1) is 11.8 Å². The van der Waals surface area contributed by atoms with Crippen LogP contribution < -0.4 is 11.1 Å². The van der Waals surface area contributed by atoms with E-state index in [0.29, 0.717) is 0 Å². The molecule has 0 radical (unpaired) electrons. The highest BCUT2D eigenvalue weighted by Crippen LogP contribution is 1.93. The molecular weight excluding hydrogens is 312 g/mol. The van der Waals surface area contributed by atoms with Gasteiger partial charge >= 0.3 is 5.97 Å². The normalized spacial score (nSPS) is 11.6. The van der Waals surface area contributed by atoms with Gasteiger partial charge in [0, 0.05) is 5.92 Å². The lowest BCUT2D eigenvalue weighted by Crippen LogP contribution is -2.39. The summed E-state index contributed by atoms with van der Waals surface area (Å²) in [6.45, 7) is 13.2. The van der Waals surface area contributed by atoms with Gasteiger partial charge in [-0.25, -0.2) is 0 Å². The first-order chi connectivity index (χ1) is 10.2. The van der Waals surface area contributed by atoms with Crippen molar-refractivity contribution in [2.45, 2.75) is 74.9 Å². The molecule has 0 aromatic heterocycles. The Morgan fingerprint density at radius 3 is 1.25 bits per heavy atom. The molecule has 0 heterocycles. The molecule has 4 N–H and O–H groups in total. The summed E-state index contributed by atoms with van der Waals surface area (Å²) in [7, 11) is 0. The topological polar surface area (TPSA) is 127 Å². The van der Waals surface area contributed by atoms with Crippen molar-refractivity contribution in [1.82, 2.24) is 5.32 Å². The Morgan fingerprint density at radius 2 is 1.12 bits per heavy atom. The maximum Gasteiger partial charge on any atom is 0.305 e. The Bertz CT molecular complexity index is 372. The molecule has 0 spiro atoms. The minimum absolute atomic E-state index is 0. The first-order valence-electron chi connectivity index (χ1n) is 7.53. The standard InChI is InChI=1S/C8H15NO2.C4H9NO.C4H8O2.CH4/c1-5(2)8(11)9-6(3)7(4)10;1-3(5)4(2)6;1-3(2)4(5)6;/h5-6H,1-4H3,(H,9,11);3H,5H2,1-2H3;3H,1-2H3,(H,5,6);1H4. The number of aliphatic carboxylic acids is 1. The van der Waals surface area contributed by atoms with E-state index in [9.17, 15) is 19.2 Å². The molecule has 0 bridgehead atoms. The molecule has 7 heteroatoms. The second-order valence-corrected chi connectivity index (χ2v) is 5.89. The van der Waals surface area contributed by atoms with E-state index < -0.39 is 5.97 Å². The molecule has 0 rings (SSSR count). The number of rotatable bonds is 5. The molecule has 2 atom stereocenters. The molecule has 0 aromatic carbocycles. The Balaban J connectivity index is -0.000000132. The highest BCUT2D eigenvalue weighted by Gasteiger charge is 2.13. The molecule has 0 aliphatic rings. The van der Waals surface area contributed by atoms with E-state index in [1.807, 2.05) is 0 Å². The van der Waals surface area contributed by atoms with Gasteiger partial charge in [0.15, 0.2) is 5.78 Å². The summed E-state index contributed by atoms with van der Waals surface area (Å²) in [5.74, 6) is -1.08. The summed E-state index contributed by atoms with van der Waals surface area (Å²) in [4.78, 5) is 41.4. The Labute approximate surface area is 146 Å². The lowest BCUT2D eigenvalue weighted by molar-refractivity contribution is -0.140. The molecule has 24 heavy (non-hydrogen) atoms. The average Bonchev–Trinajstić information content (AvgIpc) is 2.39. The van der Waals surface area contributed by atoms with Gasteiger partial charge in [-0.05, 0) is 27.7 Å². The van der Waals surface area contributed by atoms with Crippen LogP contribution >= 0.6 is 0 Å². The predicted octanol–water partition coefficient (Wildman–Crippen LogP) is 2.02. The van der Waals surface area contributed by atoms with Crippen molar-refractivity contribution in [3.63, 3.8) is 0 Å². The second kappa shape index (κ2) is 16.1. The van der Waals surface area contributed by atoms with Gasteiger partial charge in [-0.1, -0.05) is 35.1 Å². The van der Waals surface area contributed by atoms with Crippen molar-refractivity contribution < 1.29 is 24.3 Å². The largest absolute Gasteiger partial charge is 0.481 e. The van der Waals surface area contributed by atoms with Crippen molar-refractivity contribution in [2.75, 3.05) is 0 Å². The third-order valence-corrected chi connectivity index (χ3v) is 2.63. The van der Waals surface area contributed by atoms with Crippen LogP contribution in [0.5, 0.6) is 0 Å².